The summed E-state index contributed by atoms with van der Waals surface area (Å²) in [5.74, 6) is -0.284. The van der Waals surface area contributed by atoms with Crippen LogP contribution in [0.4, 0.5) is 5.69 Å². The van der Waals surface area contributed by atoms with E-state index in [0.29, 0.717) is 19.7 Å². The van der Waals surface area contributed by atoms with Gasteiger partial charge in [-0.05, 0) is 26.0 Å². The van der Waals surface area contributed by atoms with Crippen LogP contribution in [0.3, 0.4) is 0 Å². The minimum atomic E-state index is -0.502. The number of ether oxygens (including phenoxy) is 1. The minimum Gasteiger partial charge on any atom is -0.370 e. The molecule has 7 heteroatoms. The van der Waals surface area contributed by atoms with E-state index in [1.807, 2.05) is 7.05 Å². The van der Waals surface area contributed by atoms with Crippen molar-refractivity contribution in [2.45, 2.75) is 18.4 Å². The number of rotatable bonds is 2. The highest BCUT2D eigenvalue weighted by Gasteiger charge is 2.41. The number of hydrogen-bond acceptors (Lipinski definition) is 5. The molecule has 2 aliphatic heterocycles. The fourth-order valence-corrected chi connectivity index (χ4v) is 3.54. The summed E-state index contributed by atoms with van der Waals surface area (Å²) in [6, 6.07) is 6.13. The molecule has 1 spiro atoms. The van der Waals surface area contributed by atoms with Crippen molar-refractivity contribution in [3.05, 3.63) is 39.9 Å². The van der Waals surface area contributed by atoms with Crippen LogP contribution in [-0.4, -0.2) is 66.1 Å². The van der Waals surface area contributed by atoms with Crippen LogP contribution < -0.4 is 0 Å². The molecule has 2 heterocycles. The van der Waals surface area contributed by atoms with Gasteiger partial charge in [0, 0.05) is 25.7 Å². The topological polar surface area (TPSA) is 75.9 Å². The lowest BCUT2D eigenvalue weighted by molar-refractivity contribution is -0.385. The highest BCUT2D eigenvalue weighted by atomic mass is 16.6. The maximum atomic E-state index is 12.8. The summed E-state index contributed by atoms with van der Waals surface area (Å²) >= 11 is 0. The SMILES string of the molecule is CN1CCOC2(CCCN(C(=O)c3ccccc3[N+](=O)[O-])C2)C1. The van der Waals surface area contributed by atoms with Gasteiger partial charge in [0.2, 0.25) is 0 Å². The summed E-state index contributed by atoms with van der Waals surface area (Å²) in [6.07, 6.45) is 1.76. The molecular formula is C16H21N3O4. The minimum absolute atomic E-state index is 0.140. The zero-order chi connectivity index (χ0) is 16.4. The number of likely N-dealkylation sites (tertiary alicyclic amines) is 1. The molecule has 0 N–H and O–H groups in total. The summed E-state index contributed by atoms with van der Waals surface area (Å²) in [5, 5.41) is 11.2. The number of para-hydroxylation sites is 1. The van der Waals surface area contributed by atoms with Crippen molar-refractivity contribution >= 4 is 11.6 Å². The third-order valence-electron chi connectivity index (χ3n) is 4.60. The molecule has 1 aromatic rings. The maximum absolute atomic E-state index is 12.8. The second kappa shape index (κ2) is 6.25. The van der Waals surface area contributed by atoms with Crippen LogP contribution in [0, 0.1) is 10.1 Å². The van der Waals surface area contributed by atoms with Crippen LogP contribution in [-0.2, 0) is 4.74 Å². The lowest BCUT2D eigenvalue weighted by atomic mass is 9.90. The van der Waals surface area contributed by atoms with Crippen molar-refractivity contribution in [3.8, 4) is 0 Å². The fraction of sp³-hybridized carbons (Fsp3) is 0.562. The molecule has 0 bridgehead atoms. The zero-order valence-electron chi connectivity index (χ0n) is 13.2. The van der Waals surface area contributed by atoms with Crippen LogP contribution in [0.25, 0.3) is 0 Å². The largest absolute Gasteiger partial charge is 0.370 e. The Morgan fingerprint density at radius 3 is 2.83 bits per heavy atom. The van der Waals surface area contributed by atoms with E-state index in [9.17, 15) is 14.9 Å². The van der Waals surface area contributed by atoms with Crippen LogP contribution in [0.15, 0.2) is 24.3 Å². The van der Waals surface area contributed by atoms with Gasteiger partial charge in [-0.15, -0.1) is 0 Å². The van der Waals surface area contributed by atoms with E-state index in [0.717, 1.165) is 25.9 Å². The number of nitrogens with zero attached hydrogens (tertiary/aromatic N) is 3. The molecule has 2 aliphatic rings. The molecule has 1 amide bonds. The molecule has 0 saturated carbocycles. The third-order valence-corrected chi connectivity index (χ3v) is 4.60. The number of carbonyl (C=O) groups is 1. The van der Waals surface area contributed by atoms with E-state index in [1.165, 1.54) is 12.1 Å². The summed E-state index contributed by atoms with van der Waals surface area (Å²) < 4.78 is 6.00. The molecule has 2 saturated heterocycles. The molecule has 23 heavy (non-hydrogen) atoms. The lowest BCUT2D eigenvalue weighted by Gasteiger charge is -2.47. The maximum Gasteiger partial charge on any atom is 0.282 e. The molecule has 0 aromatic heterocycles. The van der Waals surface area contributed by atoms with E-state index >= 15 is 0 Å². The first-order valence-electron chi connectivity index (χ1n) is 7.86. The number of hydrogen-bond donors (Lipinski definition) is 0. The Hall–Kier alpha value is -1.99. The Morgan fingerprint density at radius 1 is 1.30 bits per heavy atom. The predicted molar refractivity (Wildman–Crippen MR) is 84.4 cm³/mol. The van der Waals surface area contributed by atoms with Crippen LogP contribution in [0.1, 0.15) is 23.2 Å². The van der Waals surface area contributed by atoms with Crippen molar-refractivity contribution in [2.75, 3.05) is 39.8 Å². The third kappa shape index (κ3) is 3.20. The molecule has 0 radical (unpaired) electrons. The first-order valence-corrected chi connectivity index (χ1v) is 7.86. The van der Waals surface area contributed by atoms with Crippen molar-refractivity contribution in [3.63, 3.8) is 0 Å². The average Bonchev–Trinajstić information content (AvgIpc) is 2.54. The van der Waals surface area contributed by atoms with Gasteiger partial charge in [0.25, 0.3) is 11.6 Å². The second-order valence-electron chi connectivity index (χ2n) is 6.37. The van der Waals surface area contributed by atoms with Gasteiger partial charge in [-0.2, -0.15) is 0 Å². The molecule has 7 nitrogen and oxygen atoms in total. The van der Waals surface area contributed by atoms with E-state index < -0.39 is 4.92 Å². The lowest BCUT2D eigenvalue weighted by Crippen LogP contribution is -2.59. The Kier molecular flexibility index (Phi) is 4.32. The molecule has 1 atom stereocenters. The smallest absolute Gasteiger partial charge is 0.282 e. The number of benzene rings is 1. The molecule has 3 rings (SSSR count). The number of likely N-dealkylation sites (N-methyl/N-ethyl adjacent to an activating group) is 1. The Bertz CT molecular complexity index is 617. The van der Waals surface area contributed by atoms with Crippen molar-refractivity contribution in [1.29, 1.82) is 0 Å². The number of morpholine rings is 1. The summed E-state index contributed by atoms with van der Waals surface area (Å²) in [4.78, 5) is 27.3. The molecule has 0 aliphatic carbocycles. The van der Waals surface area contributed by atoms with Gasteiger partial charge in [0.1, 0.15) is 5.56 Å². The quantitative estimate of drug-likeness (QED) is 0.610. The van der Waals surface area contributed by atoms with Gasteiger partial charge in [-0.25, -0.2) is 0 Å². The first kappa shape index (κ1) is 15.9. The Labute approximate surface area is 135 Å². The fourth-order valence-electron chi connectivity index (χ4n) is 3.54. The highest BCUT2D eigenvalue weighted by molar-refractivity contribution is 5.98. The Balaban J connectivity index is 1.81. The van der Waals surface area contributed by atoms with E-state index in [-0.39, 0.29) is 22.8 Å². The van der Waals surface area contributed by atoms with Crippen LogP contribution in [0.2, 0.25) is 0 Å². The van der Waals surface area contributed by atoms with E-state index in [1.54, 1.807) is 17.0 Å². The Morgan fingerprint density at radius 2 is 2.09 bits per heavy atom. The molecule has 124 valence electrons. The van der Waals surface area contributed by atoms with Gasteiger partial charge in [0.15, 0.2) is 0 Å². The van der Waals surface area contributed by atoms with Gasteiger partial charge in [-0.3, -0.25) is 14.9 Å². The average molecular weight is 319 g/mol. The molecule has 2 fully saturated rings. The van der Waals surface area contributed by atoms with Crippen molar-refractivity contribution in [1.82, 2.24) is 9.80 Å². The standard InChI is InChI=1S/C16H21N3O4/c1-17-9-10-23-16(11-17)7-4-8-18(12-16)15(20)13-5-2-3-6-14(13)19(21)22/h2-3,5-6H,4,7-12H2,1H3. The van der Waals surface area contributed by atoms with Crippen LogP contribution in [0.5, 0.6) is 0 Å². The summed E-state index contributed by atoms with van der Waals surface area (Å²) in [7, 11) is 2.05. The van der Waals surface area contributed by atoms with Gasteiger partial charge >= 0.3 is 0 Å². The van der Waals surface area contributed by atoms with Gasteiger partial charge in [0.05, 0.1) is 23.7 Å². The number of nitro groups is 1. The predicted octanol–water partition coefficient (Wildman–Crippen LogP) is 1.53. The monoisotopic (exact) mass is 319 g/mol. The first-order chi connectivity index (χ1) is 11.0. The van der Waals surface area contributed by atoms with Crippen molar-refractivity contribution in [2.24, 2.45) is 0 Å². The van der Waals surface area contributed by atoms with Crippen LogP contribution >= 0.6 is 0 Å². The highest BCUT2D eigenvalue weighted by Crippen LogP contribution is 2.30. The summed E-state index contributed by atoms with van der Waals surface area (Å²) in [5.41, 5.74) is -0.331. The number of nitro benzene ring substituents is 1. The molecule has 1 unspecified atom stereocenters. The second-order valence-corrected chi connectivity index (χ2v) is 6.37. The van der Waals surface area contributed by atoms with Crippen molar-refractivity contribution < 1.29 is 14.5 Å². The molecular weight excluding hydrogens is 298 g/mol. The van der Waals surface area contributed by atoms with Gasteiger partial charge in [-0.1, -0.05) is 12.1 Å². The van der Waals surface area contributed by atoms with E-state index in [4.69, 9.17) is 4.74 Å². The van der Waals surface area contributed by atoms with E-state index in [2.05, 4.69) is 4.90 Å². The number of amides is 1. The number of piperidine rings is 1. The zero-order valence-corrected chi connectivity index (χ0v) is 13.2. The number of carbonyl (C=O) groups excluding carboxylic acids is 1. The molecule has 1 aromatic carbocycles. The normalized spacial score (nSPS) is 25.5. The van der Waals surface area contributed by atoms with Gasteiger partial charge < -0.3 is 14.5 Å². The summed E-state index contributed by atoms with van der Waals surface area (Å²) in [6.45, 7) is 3.43.